The highest BCUT2D eigenvalue weighted by Crippen LogP contribution is 2.37. The van der Waals surface area contributed by atoms with Crippen LogP contribution >= 0.6 is 15.9 Å². The highest BCUT2D eigenvalue weighted by Gasteiger charge is 2.36. The summed E-state index contributed by atoms with van der Waals surface area (Å²) in [4.78, 5) is 14.9. The average Bonchev–Trinajstić information content (AvgIpc) is 3.43. The van der Waals surface area contributed by atoms with Gasteiger partial charge in [0, 0.05) is 17.1 Å². The van der Waals surface area contributed by atoms with Gasteiger partial charge in [-0.05, 0) is 63.1 Å². The van der Waals surface area contributed by atoms with E-state index >= 15 is 0 Å². The summed E-state index contributed by atoms with van der Waals surface area (Å²) in [5.41, 5.74) is 0.966. The molecule has 3 rings (SSSR count). The van der Waals surface area contributed by atoms with Crippen molar-refractivity contribution < 1.29 is 14.3 Å². The third-order valence-electron chi connectivity index (χ3n) is 4.51. The number of carbonyl (C=O) groups excluding carboxylic acids is 1. The second-order valence-electron chi connectivity index (χ2n) is 6.65. The van der Waals surface area contributed by atoms with Gasteiger partial charge in [-0.1, -0.05) is 15.9 Å². The molecule has 0 heterocycles. The zero-order valence-corrected chi connectivity index (χ0v) is 16.1. The van der Waals surface area contributed by atoms with E-state index in [1.807, 2.05) is 26.0 Å². The van der Waals surface area contributed by atoms with Gasteiger partial charge in [-0.25, -0.2) is 0 Å². The minimum atomic E-state index is 0.233. The van der Waals surface area contributed by atoms with Crippen molar-refractivity contribution in [1.82, 2.24) is 4.90 Å². The Bertz CT molecular complexity index is 597. The molecule has 4 nitrogen and oxygen atoms in total. The molecule has 2 fully saturated rings. The van der Waals surface area contributed by atoms with Crippen LogP contribution in [0, 0.1) is 5.92 Å². The number of hydrogen-bond acceptors (Lipinski definition) is 3. The van der Waals surface area contributed by atoms with Crippen molar-refractivity contribution in [2.45, 2.75) is 52.0 Å². The normalized spacial score (nSPS) is 16.8. The number of hydrogen-bond donors (Lipinski definition) is 0. The third-order valence-corrected chi connectivity index (χ3v) is 5.25. The van der Waals surface area contributed by atoms with Crippen LogP contribution in [-0.2, 0) is 11.2 Å². The molecule has 2 saturated carbocycles. The summed E-state index contributed by atoms with van der Waals surface area (Å²) in [6.45, 7) is 6.00. The monoisotopic (exact) mass is 395 g/mol. The van der Waals surface area contributed by atoms with Crippen LogP contribution in [0.25, 0.3) is 0 Å². The maximum Gasteiger partial charge on any atom is 0.227 e. The van der Waals surface area contributed by atoms with Crippen molar-refractivity contribution in [3.05, 3.63) is 22.2 Å². The van der Waals surface area contributed by atoms with E-state index < -0.39 is 0 Å². The number of carbonyl (C=O) groups is 1. The van der Waals surface area contributed by atoms with Crippen LogP contribution in [0.3, 0.4) is 0 Å². The molecule has 0 spiro atoms. The van der Waals surface area contributed by atoms with E-state index in [9.17, 15) is 4.79 Å². The second-order valence-corrected chi connectivity index (χ2v) is 7.51. The summed E-state index contributed by atoms with van der Waals surface area (Å²) in [5, 5.41) is 0. The van der Waals surface area contributed by atoms with E-state index in [0.29, 0.717) is 31.4 Å². The smallest absolute Gasteiger partial charge is 0.227 e. The quantitative estimate of drug-likeness (QED) is 0.628. The van der Waals surface area contributed by atoms with Gasteiger partial charge in [-0.3, -0.25) is 4.79 Å². The van der Waals surface area contributed by atoms with Crippen molar-refractivity contribution in [1.29, 1.82) is 0 Å². The Morgan fingerprint density at radius 3 is 2.29 bits per heavy atom. The first-order valence-corrected chi connectivity index (χ1v) is 9.79. The molecule has 5 heteroatoms. The fraction of sp³-hybridized carbons (Fsp3) is 0.632. The van der Waals surface area contributed by atoms with Crippen LogP contribution < -0.4 is 9.47 Å². The lowest BCUT2D eigenvalue weighted by Gasteiger charge is -2.23. The minimum absolute atomic E-state index is 0.233. The molecule has 0 saturated heterocycles. The Kier molecular flexibility index (Phi) is 5.69. The van der Waals surface area contributed by atoms with Gasteiger partial charge in [0.1, 0.15) is 0 Å². The molecule has 0 aromatic heterocycles. The van der Waals surface area contributed by atoms with Crippen LogP contribution in [0.15, 0.2) is 16.6 Å². The molecule has 2 aliphatic carbocycles. The molecule has 132 valence electrons. The molecule has 24 heavy (non-hydrogen) atoms. The Hall–Kier alpha value is -1.23. The summed E-state index contributed by atoms with van der Waals surface area (Å²) in [7, 11) is 0. The van der Waals surface area contributed by atoms with Crippen molar-refractivity contribution in [2.24, 2.45) is 5.92 Å². The van der Waals surface area contributed by atoms with Crippen LogP contribution in [0.5, 0.6) is 11.5 Å². The Morgan fingerprint density at radius 2 is 1.75 bits per heavy atom. The van der Waals surface area contributed by atoms with Crippen LogP contribution in [0.1, 0.15) is 45.1 Å². The van der Waals surface area contributed by atoms with Crippen molar-refractivity contribution in [3.63, 3.8) is 0 Å². The maximum atomic E-state index is 12.8. The first-order chi connectivity index (χ1) is 11.6. The molecule has 1 aromatic rings. The van der Waals surface area contributed by atoms with E-state index in [2.05, 4.69) is 20.8 Å². The van der Waals surface area contributed by atoms with E-state index in [1.165, 1.54) is 12.8 Å². The Balaban J connectivity index is 1.74. The highest BCUT2D eigenvalue weighted by atomic mass is 79.9. The number of amides is 1. The SMILES string of the molecule is CCOc1cc(Br)c(CC(=O)N(CC2CC2)C2CC2)cc1OCC. The number of halogens is 1. The highest BCUT2D eigenvalue weighted by molar-refractivity contribution is 9.10. The summed E-state index contributed by atoms with van der Waals surface area (Å²) in [5.74, 6) is 2.40. The molecule has 0 unspecified atom stereocenters. The fourth-order valence-corrected chi connectivity index (χ4v) is 3.40. The largest absolute Gasteiger partial charge is 0.490 e. The molecular formula is C19H26BrNO3. The molecule has 1 aromatic carbocycles. The Labute approximate surface area is 152 Å². The molecule has 1 amide bonds. The third kappa shape index (κ3) is 4.44. The van der Waals surface area contributed by atoms with E-state index in [4.69, 9.17) is 9.47 Å². The van der Waals surface area contributed by atoms with Crippen molar-refractivity contribution in [3.8, 4) is 11.5 Å². The van der Waals surface area contributed by atoms with Crippen molar-refractivity contribution >= 4 is 21.8 Å². The minimum Gasteiger partial charge on any atom is -0.490 e. The lowest BCUT2D eigenvalue weighted by Crippen LogP contribution is -2.36. The molecule has 0 N–H and O–H groups in total. The zero-order chi connectivity index (χ0) is 17.1. The van der Waals surface area contributed by atoms with Gasteiger partial charge in [-0.2, -0.15) is 0 Å². The lowest BCUT2D eigenvalue weighted by molar-refractivity contribution is -0.131. The standard InChI is InChI=1S/C19H26BrNO3/c1-3-23-17-9-14(16(20)11-18(17)24-4-2)10-19(22)21(15-7-8-15)12-13-5-6-13/h9,11,13,15H,3-8,10,12H2,1-2H3. The van der Waals surface area contributed by atoms with Crippen LogP contribution in [0.4, 0.5) is 0 Å². The van der Waals surface area contributed by atoms with Crippen LogP contribution in [-0.4, -0.2) is 36.6 Å². The Morgan fingerprint density at radius 1 is 1.12 bits per heavy atom. The predicted molar refractivity (Wildman–Crippen MR) is 97.6 cm³/mol. The summed E-state index contributed by atoms with van der Waals surface area (Å²) in [6.07, 6.45) is 5.28. The number of nitrogens with zero attached hydrogens (tertiary/aromatic N) is 1. The number of ether oxygens (including phenoxy) is 2. The summed E-state index contributed by atoms with van der Waals surface area (Å²) >= 11 is 3.59. The van der Waals surface area contributed by atoms with Gasteiger partial charge in [0.25, 0.3) is 0 Å². The van der Waals surface area contributed by atoms with E-state index in [-0.39, 0.29) is 5.91 Å². The first-order valence-electron chi connectivity index (χ1n) is 8.99. The average molecular weight is 396 g/mol. The van der Waals surface area contributed by atoms with E-state index in [0.717, 1.165) is 41.1 Å². The van der Waals surface area contributed by atoms with Crippen molar-refractivity contribution in [2.75, 3.05) is 19.8 Å². The molecule has 2 aliphatic rings. The van der Waals surface area contributed by atoms with Gasteiger partial charge < -0.3 is 14.4 Å². The lowest BCUT2D eigenvalue weighted by atomic mass is 10.1. The van der Waals surface area contributed by atoms with Crippen LogP contribution in [0.2, 0.25) is 0 Å². The molecular weight excluding hydrogens is 370 g/mol. The van der Waals surface area contributed by atoms with Gasteiger partial charge in [0.2, 0.25) is 5.91 Å². The molecule has 0 atom stereocenters. The van der Waals surface area contributed by atoms with E-state index in [1.54, 1.807) is 0 Å². The van der Waals surface area contributed by atoms with Gasteiger partial charge in [0.15, 0.2) is 11.5 Å². The van der Waals surface area contributed by atoms with Gasteiger partial charge >= 0.3 is 0 Å². The number of rotatable bonds is 9. The summed E-state index contributed by atoms with van der Waals surface area (Å²) in [6, 6.07) is 4.34. The zero-order valence-electron chi connectivity index (χ0n) is 14.5. The summed E-state index contributed by atoms with van der Waals surface area (Å²) < 4.78 is 12.2. The first kappa shape index (κ1) is 17.6. The molecule has 0 bridgehead atoms. The second kappa shape index (κ2) is 7.77. The van der Waals surface area contributed by atoms with Gasteiger partial charge in [-0.15, -0.1) is 0 Å². The van der Waals surface area contributed by atoms with Gasteiger partial charge in [0.05, 0.1) is 19.6 Å². The fourth-order valence-electron chi connectivity index (χ4n) is 2.93. The topological polar surface area (TPSA) is 38.8 Å². The molecule has 0 aliphatic heterocycles. The maximum absolute atomic E-state index is 12.8. The predicted octanol–water partition coefficient (Wildman–Crippen LogP) is 4.19. The number of benzene rings is 1. The molecule has 0 radical (unpaired) electrons.